The lowest BCUT2D eigenvalue weighted by molar-refractivity contribution is -0.139. The van der Waals surface area contributed by atoms with E-state index >= 15 is 0 Å². The molecule has 4 heterocycles. The van der Waals surface area contributed by atoms with Crippen LogP contribution in [0.15, 0.2) is 12.1 Å². The Hall–Kier alpha value is -2.41. The van der Waals surface area contributed by atoms with Gasteiger partial charge in [0.15, 0.2) is 5.15 Å². The van der Waals surface area contributed by atoms with Crippen LogP contribution in [0, 0.1) is 5.92 Å². The molecule has 41 heavy (non-hydrogen) atoms. The molecule has 4 atom stereocenters. The molecule has 5 rings (SSSR count). The van der Waals surface area contributed by atoms with Gasteiger partial charge in [-0.2, -0.15) is 13.2 Å². The number of alkyl halides is 5. The van der Waals surface area contributed by atoms with Gasteiger partial charge in [0.2, 0.25) is 5.88 Å². The summed E-state index contributed by atoms with van der Waals surface area (Å²) in [6.07, 6.45) is -1.28. The fourth-order valence-electron chi connectivity index (χ4n) is 5.40. The summed E-state index contributed by atoms with van der Waals surface area (Å²) in [5, 5.41) is 8.94. The van der Waals surface area contributed by atoms with E-state index in [9.17, 15) is 22.4 Å². The summed E-state index contributed by atoms with van der Waals surface area (Å²) in [7, 11) is 0. The van der Waals surface area contributed by atoms with Gasteiger partial charge in [0.25, 0.3) is 0 Å². The number of halogens is 6. The molecular formula is C27H30Cl2F4N4O4. The number of imidazole rings is 1. The van der Waals surface area contributed by atoms with E-state index in [0.29, 0.717) is 68.3 Å². The van der Waals surface area contributed by atoms with Crippen LogP contribution >= 0.6 is 23.2 Å². The lowest BCUT2D eigenvalue weighted by atomic mass is 9.88. The highest BCUT2D eigenvalue weighted by Crippen LogP contribution is 2.39. The van der Waals surface area contributed by atoms with Crippen molar-refractivity contribution in [2.24, 2.45) is 5.92 Å². The Morgan fingerprint density at radius 2 is 2.05 bits per heavy atom. The molecule has 0 bridgehead atoms. The van der Waals surface area contributed by atoms with E-state index in [2.05, 4.69) is 9.97 Å². The molecule has 2 fully saturated rings. The average Bonchev–Trinajstić information content (AvgIpc) is 3.16. The first-order valence-electron chi connectivity index (χ1n) is 13.5. The Morgan fingerprint density at radius 3 is 2.71 bits per heavy atom. The second-order valence-corrected chi connectivity index (χ2v) is 11.6. The molecule has 0 amide bonds. The largest absolute Gasteiger partial charge is 0.478 e. The topological polar surface area (TPSA) is 89.7 Å². The van der Waals surface area contributed by atoms with E-state index < -0.39 is 35.7 Å². The van der Waals surface area contributed by atoms with Crippen molar-refractivity contribution >= 4 is 35.2 Å². The molecule has 8 nitrogen and oxygen atoms in total. The molecule has 1 N–H and O–H groups in total. The highest BCUT2D eigenvalue weighted by Gasteiger charge is 2.38. The zero-order valence-electron chi connectivity index (χ0n) is 22.0. The highest BCUT2D eigenvalue weighted by atomic mass is 35.5. The van der Waals surface area contributed by atoms with Crippen LogP contribution in [-0.2, 0) is 41.8 Å². The molecule has 0 radical (unpaired) electrons. The maximum absolute atomic E-state index is 14.5. The first-order chi connectivity index (χ1) is 19.5. The monoisotopic (exact) mass is 620 g/mol. The zero-order chi connectivity index (χ0) is 29.3. The number of carboxylic acid groups (broad SMARTS) is 1. The van der Waals surface area contributed by atoms with Crippen LogP contribution in [0.25, 0.3) is 6.08 Å². The summed E-state index contributed by atoms with van der Waals surface area (Å²) in [5.41, 5.74) is 0.387. The van der Waals surface area contributed by atoms with Gasteiger partial charge < -0.3 is 19.1 Å². The van der Waals surface area contributed by atoms with Crippen molar-refractivity contribution < 1.29 is 36.9 Å². The van der Waals surface area contributed by atoms with Gasteiger partial charge >= 0.3 is 12.1 Å². The summed E-state index contributed by atoms with van der Waals surface area (Å²) in [4.78, 5) is 21.8. The highest BCUT2D eigenvalue weighted by molar-refractivity contribution is 6.30. The first-order valence-corrected chi connectivity index (χ1v) is 14.3. The van der Waals surface area contributed by atoms with Crippen LogP contribution < -0.4 is 4.74 Å². The van der Waals surface area contributed by atoms with Gasteiger partial charge in [-0.15, -0.1) is 11.6 Å². The first kappa shape index (κ1) is 30.1. The molecule has 2 aromatic rings. The van der Waals surface area contributed by atoms with E-state index in [0.717, 1.165) is 18.6 Å². The van der Waals surface area contributed by atoms with Crippen molar-refractivity contribution in [3.05, 3.63) is 45.6 Å². The van der Waals surface area contributed by atoms with Crippen LogP contribution in [-0.4, -0.2) is 67.9 Å². The number of fused-ring (bicyclic) bond motifs is 1. The Kier molecular flexibility index (Phi) is 9.13. The van der Waals surface area contributed by atoms with Gasteiger partial charge in [-0.25, -0.2) is 19.2 Å². The minimum Gasteiger partial charge on any atom is -0.478 e. The Morgan fingerprint density at radius 1 is 1.27 bits per heavy atom. The van der Waals surface area contributed by atoms with Crippen molar-refractivity contribution in [2.45, 2.75) is 75.6 Å². The zero-order valence-corrected chi connectivity index (χ0v) is 23.6. The molecule has 2 aliphatic heterocycles. The predicted molar refractivity (Wildman–Crippen MR) is 143 cm³/mol. The van der Waals surface area contributed by atoms with Gasteiger partial charge in [0, 0.05) is 37.1 Å². The maximum atomic E-state index is 14.5. The maximum Gasteiger partial charge on any atom is 0.421 e. The number of carbonyl (C=O) groups is 1. The molecule has 0 spiro atoms. The van der Waals surface area contributed by atoms with Crippen LogP contribution in [0.4, 0.5) is 17.6 Å². The number of hydrogen-bond acceptors (Lipinski definition) is 6. The summed E-state index contributed by atoms with van der Waals surface area (Å²) in [6, 6.07) is 1.08. The number of hydrogen-bond donors (Lipinski definition) is 1. The minimum absolute atomic E-state index is 0.0522. The minimum atomic E-state index is -4.68. The third kappa shape index (κ3) is 7.15. The summed E-state index contributed by atoms with van der Waals surface area (Å²) < 4.78 is 69.1. The number of nitrogens with zero attached hydrogens (tertiary/aromatic N) is 4. The molecule has 3 unspecified atom stereocenters. The van der Waals surface area contributed by atoms with Crippen molar-refractivity contribution in [3.8, 4) is 5.88 Å². The number of rotatable bonds is 9. The summed E-state index contributed by atoms with van der Waals surface area (Å²) >= 11 is 12.4. The lowest BCUT2D eigenvalue weighted by Crippen LogP contribution is -2.35. The Balaban J connectivity index is 1.35. The number of pyridine rings is 1. The molecule has 2 aromatic heterocycles. The summed E-state index contributed by atoms with van der Waals surface area (Å²) in [6.45, 7) is 1.85. The normalized spacial score (nSPS) is 25.2. The third-order valence-corrected chi connectivity index (χ3v) is 8.45. The smallest absolute Gasteiger partial charge is 0.421 e. The lowest BCUT2D eigenvalue weighted by Gasteiger charge is -2.31. The standard InChI is InChI=1S/C27H30Cl2F4N4O4/c28-17-2-1-16(20(30)10-17)14-41-26-19(27(31,32)33)9-15-5-7-36(12-21(15)34-26)13-23-35-25(29)22(3-4-24(38)39)37(23)11-18-6-8-40-18/h3-4,9,16-18,20H,1-2,5-8,10-14H2,(H,38,39)/b4-3+/t16?,17?,18-,20?/m0/s1. The molecule has 1 aliphatic carbocycles. The quantitative estimate of drug-likeness (QED) is 0.224. The fraction of sp³-hybridized carbons (Fsp3) is 0.593. The predicted octanol–water partition coefficient (Wildman–Crippen LogP) is 5.52. The van der Waals surface area contributed by atoms with Crippen molar-refractivity contribution in [3.63, 3.8) is 0 Å². The van der Waals surface area contributed by atoms with Crippen LogP contribution in [0.3, 0.4) is 0 Å². The van der Waals surface area contributed by atoms with Crippen LogP contribution in [0.1, 0.15) is 54.0 Å². The van der Waals surface area contributed by atoms with Crippen LogP contribution in [0.2, 0.25) is 5.15 Å². The second-order valence-electron chi connectivity index (χ2n) is 10.7. The van der Waals surface area contributed by atoms with Crippen molar-refractivity contribution in [2.75, 3.05) is 19.8 Å². The Bertz CT molecular complexity index is 1300. The third-order valence-electron chi connectivity index (χ3n) is 7.78. The number of ether oxygens (including phenoxy) is 2. The van der Waals surface area contributed by atoms with Gasteiger partial charge in [0.05, 0.1) is 37.2 Å². The van der Waals surface area contributed by atoms with Crippen LogP contribution in [0.5, 0.6) is 5.88 Å². The number of carboxylic acids is 1. The molecule has 14 heteroatoms. The fourth-order valence-corrected chi connectivity index (χ4v) is 5.95. The SMILES string of the molecule is O=C(O)/C=C/c1c(Cl)nc(CN2CCc3cc(C(F)(F)F)c(OCC4CCC(Cl)CC4F)nc3C2)n1C[C@@H]1CCO1. The van der Waals surface area contributed by atoms with Crippen molar-refractivity contribution in [1.82, 2.24) is 19.4 Å². The van der Waals surface area contributed by atoms with Crippen molar-refractivity contribution in [1.29, 1.82) is 0 Å². The van der Waals surface area contributed by atoms with E-state index in [1.807, 2.05) is 9.47 Å². The number of aromatic nitrogens is 3. The average molecular weight is 621 g/mol. The molecule has 1 saturated heterocycles. The molecule has 0 aromatic carbocycles. The molecule has 1 saturated carbocycles. The van der Waals surface area contributed by atoms with E-state index in [4.69, 9.17) is 37.8 Å². The molecule has 3 aliphatic rings. The Labute approximate surface area is 244 Å². The van der Waals surface area contributed by atoms with E-state index in [1.54, 1.807) is 0 Å². The van der Waals surface area contributed by atoms with Gasteiger partial charge in [0.1, 0.15) is 17.6 Å². The molecule has 224 valence electrons. The summed E-state index contributed by atoms with van der Waals surface area (Å²) in [5.74, 6) is -1.65. The van der Waals surface area contributed by atoms with Gasteiger partial charge in [-0.05, 0) is 49.8 Å². The van der Waals surface area contributed by atoms with Gasteiger partial charge in [-0.3, -0.25) is 4.90 Å². The van der Waals surface area contributed by atoms with Gasteiger partial charge in [-0.1, -0.05) is 11.6 Å². The number of aliphatic carboxylic acids is 1. The molecular weight excluding hydrogens is 591 g/mol. The van der Waals surface area contributed by atoms with E-state index in [-0.39, 0.29) is 36.2 Å². The second kappa shape index (κ2) is 12.4. The van der Waals surface area contributed by atoms with E-state index in [1.165, 1.54) is 6.08 Å².